The predicted molar refractivity (Wildman–Crippen MR) is 310 cm³/mol. The number of rotatable bonds is 8. The first-order valence-electron chi connectivity index (χ1n) is 25.4. The van der Waals surface area contributed by atoms with Gasteiger partial charge in [-0.15, -0.1) is 0 Å². The summed E-state index contributed by atoms with van der Waals surface area (Å²) < 4.78 is 7.20. The summed E-state index contributed by atoms with van der Waals surface area (Å²) in [4.78, 5) is 16.3. The molecule has 15 aromatic rings. The van der Waals surface area contributed by atoms with Crippen LogP contribution in [0, 0.1) is 0 Å². The van der Waals surface area contributed by atoms with Crippen molar-refractivity contribution in [1.82, 2.24) is 28.7 Å². The van der Waals surface area contributed by atoms with E-state index in [1.165, 1.54) is 32.7 Å². The summed E-state index contributed by atoms with van der Waals surface area (Å²) in [6, 6.07) is 95.4. The molecule has 0 saturated carbocycles. The summed E-state index contributed by atoms with van der Waals surface area (Å²) in [5.41, 5.74) is 17.2. The van der Waals surface area contributed by atoms with Crippen LogP contribution in [0.1, 0.15) is 0 Å². The zero-order chi connectivity index (χ0) is 49.4. The highest BCUT2D eigenvalue weighted by molar-refractivity contribution is 6.19. The SMILES string of the molecule is c1ccc(-c2ccc(-c3nc(-c4ccccc4)nc(-n4c5cccc(-n6c7cc(-c8ccccc8)ccc7c7ccc(-c8ccccc8)cc76)c5c5cccc(-n6c7ccccc7c7ccccc76)c54)n3)cc2)cc1. The van der Waals surface area contributed by atoms with Crippen LogP contribution in [-0.4, -0.2) is 28.7 Å². The molecule has 0 aliphatic carbocycles. The van der Waals surface area contributed by atoms with E-state index in [0.717, 1.165) is 88.6 Å². The molecule has 11 aromatic carbocycles. The monoisotopic (exact) mass is 956 g/mol. The van der Waals surface area contributed by atoms with Gasteiger partial charge < -0.3 is 9.13 Å². The molecule has 0 N–H and O–H groups in total. The second-order valence-corrected chi connectivity index (χ2v) is 19.2. The summed E-state index contributed by atoms with van der Waals surface area (Å²) in [6.07, 6.45) is 0. The largest absolute Gasteiger partial charge is 0.308 e. The Morgan fingerprint density at radius 1 is 0.227 bits per heavy atom. The molecule has 0 radical (unpaired) electrons. The van der Waals surface area contributed by atoms with Gasteiger partial charge in [0.05, 0.1) is 44.5 Å². The predicted octanol–water partition coefficient (Wildman–Crippen LogP) is 17.5. The van der Waals surface area contributed by atoms with Gasteiger partial charge in [-0.05, 0) is 75.8 Å². The number of benzene rings is 11. The van der Waals surface area contributed by atoms with Crippen LogP contribution in [-0.2, 0) is 0 Å². The van der Waals surface area contributed by atoms with Gasteiger partial charge in [0.25, 0.3) is 0 Å². The van der Waals surface area contributed by atoms with Crippen LogP contribution in [0.4, 0.5) is 0 Å². The first-order chi connectivity index (χ1) is 37.2. The lowest BCUT2D eigenvalue weighted by Gasteiger charge is -2.15. The van der Waals surface area contributed by atoms with Crippen molar-refractivity contribution in [3.8, 4) is 73.5 Å². The van der Waals surface area contributed by atoms with E-state index >= 15 is 0 Å². The summed E-state index contributed by atoms with van der Waals surface area (Å²) in [7, 11) is 0. The Labute approximate surface area is 432 Å². The average Bonchev–Trinajstić information content (AvgIpc) is 4.18. The molecule has 0 saturated heterocycles. The molecule has 350 valence electrons. The molecule has 0 bridgehead atoms. The van der Waals surface area contributed by atoms with E-state index in [1.807, 2.05) is 24.3 Å². The summed E-state index contributed by atoms with van der Waals surface area (Å²) >= 11 is 0. The molecular formula is C69H44N6. The fraction of sp³-hybridized carbons (Fsp3) is 0. The van der Waals surface area contributed by atoms with Crippen molar-refractivity contribution in [2.24, 2.45) is 0 Å². The first kappa shape index (κ1) is 42.5. The molecule has 6 heteroatoms. The second kappa shape index (κ2) is 17.3. The molecule has 75 heavy (non-hydrogen) atoms. The number of fused-ring (bicyclic) bond motifs is 9. The quantitative estimate of drug-likeness (QED) is 0.152. The fourth-order valence-corrected chi connectivity index (χ4v) is 11.5. The van der Waals surface area contributed by atoms with Crippen molar-refractivity contribution in [2.75, 3.05) is 0 Å². The number of hydrogen-bond acceptors (Lipinski definition) is 3. The van der Waals surface area contributed by atoms with Crippen molar-refractivity contribution < 1.29 is 0 Å². The normalized spacial score (nSPS) is 11.7. The van der Waals surface area contributed by atoms with Gasteiger partial charge in [-0.2, -0.15) is 9.97 Å². The smallest absolute Gasteiger partial charge is 0.238 e. The zero-order valence-electron chi connectivity index (χ0n) is 40.6. The van der Waals surface area contributed by atoms with Gasteiger partial charge in [0.2, 0.25) is 5.95 Å². The molecule has 0 atom stereocenters. The molecular weight excluding hydrogens is 913 g/mol. The van der Waals surface area contributed by atoms with Crippen molar-refractivity contribution in [2.45, 2.75) is 0 Å². The van der Waals surface area contributed by atoms with Crippen LogP contribution in [0.15, 0.2) is 267 Å². The van der Waals surface area contributed by atoms with Crippen molar-refractivity contribution in [1.29, 1.82) is 0 Å². The van der Waals surface area contributed by atoms with Gasteiger partial charge in [-0.3, -0.25) is 4.57 Å². The molecule has 4 heterocycles. The zero-order valence-corrected chi connectivity index (χ0v) is 40.6. The highest BCUT2D eigenvalue weighted by atomic mass is 15.2. The average molecular weight is 957 g/mol. The molecule has 4 aromatic heterocycles. The minimum absolute atomic E-state index is 0.524. The fourth-order valence-electron chi connectivity index (χ4n) is 11.5. The van der Waals surface area contributed by atoms with Crippen LogP contribution in [0.3, 0.4) is 0 Å². The molecule has 15 rings (SSSR count). The minimum atomic E-state index is 0.524. The second-order valence-electron chi connectivity index (χ2n) is 19.2. The Bertz CT molecular complexity index is 4520. The topological polar surface area (TPSA) is 53.5 Å². The van der Waals surface area contributed by atoms with E-state index in [-0.39, 0.29) is 0 Å². The third-order valence-corrected chi connectivity index (χ3v) is 14.9. The highest BCUT2D eigenvalue weighted by Gasteiger charge is 2.26. The molecule has 0 amide bonds. The van der Waals surface area contributed by atoms with Crippen LogP contribution >= 0.6 is 0 Å². The third kappa shape index (κ3) is 6.92. The molecule has 6 nitrogen and oxygen atoms in total. The van der Waals surface area contributed by atoms with Gasteiger partial charge in [0, 0.05) is 43.4 Å². The van der Waals surface area contributed by atoms with E-state index in [1.54, 1.807) is 0 Å². The summed E-state index contributed by atoms with van der Waals surface area (Å²) in [6.45, 7) is 0. The van der Waals surface area contributed by atoms with Crippen LogP contribution in [0.5, 0.6) is 0 Å². The van der Waals surface area contributed by atoms with Crippen LogP contribution in [0.25, 0.3) is 139 Å². The molecule has 0 spiro atoms. The minimum Gasteiger partial charge on any atom is -0.308 e. The number of hydrogen-bond donors (Lipinski definition) is 0. The maximum absolute atomic E-state index is 5.53. The van der Waals surface area contributed by atoms with Gasteiger partial charge in [-0.25, -0.2) is 4.98 Å². The summed E-state index contributed by atoms with van der Waals surface area (Å²) in [5.74, 6) is 1.70. The van der Waals surface area contributed by atoms with E-state index in [2.05, 4.69) is 256 Å². The third-order valence-electron chi connectivity index (χ3n) is 14.9. The molecule has 0 fully saturated rings. The number of aromatic nitrogens is 6. The van der Waals surface area contributed by atoms with Crippen molar-refractivity contribution >= 4 is 65.4 Å². The lowest BCUT2D eigenvalue weighted by molar-refractivity contribution is 0.949. The van der Waals surface area contributed by atoms with Crippen molar-refractivity contribution in [3.05, 3.63) is 267 Å². The molecule has 0 aliphatic rings. The van der Waals surface area contributed by atoms with E-state index in [0.29, 0.717) is 17.6 Å². The van der Waals surface area contributed by atoms with Crippen LogP contribution in [0.2, 0.25) is 0 Å². The number of nitrogens with zero attached hydrogens (tertiary/aromatic N) is 6. The lowest BCUT2D eigenvalue weighted by atomic mass is 10.0. The van der Waals surface area contributed by atoms with Gasteiger partial charge in [-0.1, -0.05) is 224 Å². The number of para-hydroxylation sites is 3. The van der Waals surface area contributed by atoms with Crippen molar-refractivity contribution in [3.63, 3.8) is 0 Å². The summed E-state index contributed by atoms with van der Waals surface area (Å²) in [5, 5.41) is 6.90. The maximum Gasteiger partial charge on any atom is 0.238 e. The van der Waals surface area contributed by atoms with Gasteiger partial charge >= 0.3 is 0 Å². The lowest BCUT2D eigenvalue weighted by Crippen LogP contribution is -2.08. The molecule has 0 aliphatic heterocycles. The van der Waals surface area contributed by atoms with Gasteiger partial charge in [0.15, 0.2) is 11.6 Å². The Morgan fingerprint density at radius 2 is 0.600 bits per heavy atom. The van der Waals surface area contributed by atoms with E-state index < -0.39 is 0 Å². The highest BCUT2D eigenvalue weighted by Crippen LogP contribution is 2.44. The first-order valence-corrected chi connectivity index (χ1v) is 25.4. The Hall–Kier alpha value is -10.2. The Kier molecular flexibility index (Phi) is 9.78. The maximum atomic E-state index is 5.53. The Balaban J connectivity index is 1.07. The van der Waals surface area contributed by atoms with E-state index in [4.69, 9.17) is 15.0 Å². The van der Waals surface area contributed by atoms with Crippen LogP contribution < -0.4 is 0 Å². The standard InChI is InChI=1S/C69H44N6/c1-5-19-45(20-6-1)48-35-37-50(38-36-48)68-70-67(49-25-11-4-12-26-49)71-69(72-68)75-61-33-18-32-60(65(61)57-29-17-34-62(66(57)75)73-58-30-15-13-27-53(58)54-28-14-16-31-59(54)73)74-63-43-51(46-21-7-2-8-22-46)39-41-55(63)56-42-40-52(44-64(56)74)47-23-9-3-10-24-47/h1-44H. The van der Waals surface area contributed by atoms with E-state index in [9.17, 15) is 0 Å². The Morgan fingerprint density at radius 3 is 1.16 bits per heavy atom. The molecule has 0 unspecified atom stereocenters. The van der Waals surface area contributed by atoms with Gasteiger partial charge in [0.1, 0.15) is 0 Å².